The monoisotopic (exact) mass is 699 g/mol. The predicted molar refractivity (Wildman–Crippen MR) is 164 cm³/mol. The molecule has 2 aliphatic heterocycles. The van der Waals surface area contributed by atoms with Gasteiger partial charge in [0.05, 0.1) is 34.2 Å². The summed E-state index contributed by atoms with van der Waals surface area (Å²) in [6, 6.07) is 5.40. The average molecular weight is 700 g/mol. The van der Waals surface area contributed by atoms with Crippen molar-refractivity contribution in [2.45, 2.75) is 62.5 Å². The molecule has 0 radical (unpaired) electrons. The second-order valence-electron chi connectivity index (χ2n) is 11.7. The van der Waals surface area contributed by atoms with Crippen molar-refractivity contribution in [3.63, 3.8) is 0 Å². The fraction of sp³-hybridized carbons (Fsp3) is 0.485. The molecule has 2 unspecified atom stereocenters. The molecule has 5 rings (SSSR count). The maximum atomic E-state index is 14.7. The van der Waals surface area contributed by atoms with E-state index in [-0.39, 0.29) is 44.0 Å². The lowest BCUT2D eigenvalue weighted by Crippen LogP contribution is -2.67. The zero-order valence-electron chi connectivity index (χ0n) is 26.3. The quantitative estimate of drug-likeness (QED) is 0.167. The zero-order chi connectivity index (χ0) is 34.7. The minimum atomic E-state index is -4.84. The van der Waals surface area contributed by atoms with Crippen LogP contribution in [0, 0.1) is 0 Å². The summed E-state index contributed by atoms with van der Waals surface area (Å²) in [5.41, 5.74) is -4.54. The first-order valence-corrected chi connectivity index (χ1v) is 16.3. The largest absolute Gasteiger partial charge is 0.490 e. The van der Waals surface area contributed by atoms with E-state index in [1.165, 1.54) is 16.2 Å². The number of ether oxygens (including phenoxy) is 3. The molecule has 8 nitrogen and oxygen atoms in total. The first-order valence-electron chi connectivity index (χ1n) is 15.5. The van der Waals surface area contributed by atoms with Crippen LogP contribution in [-0.2, 0) is 21.9 Å². The highest BCUT2D eigenvalue weighted by Gasteiger charge is 2.56. The molecule has 260 valence electrons. The molecule has 0 bridgehead atoms. The Morgan fingerprint density at radius 2 is 1.77 bits per heavy atom. The van der Waals surface area contributed by atoms with Gasteiger partial charge in [0.15, 0.2) is 0 Å². The van der Waals surface area contributed by atoms with Gasteiger partial charge in [0.1, 0.15) is 18.1 Å². The summed E-state index contributed by atoms with van der Waals surface area (Å²) in [7, 11) is 1.57. The van der Waals surface area contributed by atoms with Crippen LogP contribution in [0.2, 0.25) is 0 Å². The molecular formula is C33H35F6N3O5S. The lowest BCUT2D eigenvalue weighted by atomic mass is 9.80. The van der Waals surface area contributed by atoms with Crippen molar-refractivity contribution in [1.29, 1.82) is 0 Å². The Morgan fingerprint density at radius 3 is 2.44 bits per heavy atom. The SMILES string of the molecule is CCC1N(C(=O)c2cnccc2C(F)(F)F)CCC[C@@]1(Oc1ccc(C(F)(F)F)cc1)C(=O)N1CCC(c2sccc2OCCOC)C1. The van der Waals surface area contributed by atoms with Gasteiger partial charge in [0.25, 0.3) is 11.8 Å². The molecule has 2 aromatic heterocycles. The van der Waals surface area contributed by atoms with Gasteiger partial charge in [0.2, 0.25) is 5.60 Å². The van der Waals surface area contributed by atoms with Gasteiger partial charge < -0.3 is 24.0 Å². The first-order chi connectivity index (χ1) is 22.8. The number of carbonyl (C=O) groups is 2. The molecule has 2 fully saturated rings. The Bertz CT molecular complexity index is 1580. The van der Waals surface area contributed by atoms with Crippen LogP contribution >= 0.6 is 11.3 Å². The molecule has 0 spiro atoms. The van der Waals surface area contributed by atoms with Crippen LogP contribution in [0.1, 0.15) is 64.9 Å². The number of carbonyl (C=O) groups excluding carboxylic acids is 2. The Morgan fingerprint density at radius 1 is 1.02 bits per heavy atom. The van der Waals surface area contributed by atoms with Gasteiger partial charge in [-0.15, -0.1) is 11.3 Å². The van der Waals surface area contributed by atoms with Crippen LogP contribution in [0.25, 0.3) is 0 Å². The molecule has 0 N–H and O–H groups in total. The van der Waals surface area contributed by atoms with E-state index in [9.17, 15) is 35.9 Å². The third kappa shape index (κ3) is 7.26. The minimum Gasteiger partial charge on any atom is -0.490 e. The third-order valence-electron chi connectivity index (χ3n) is 8.76. The minimum absolute atomic E-state index is 0.0366. The molecule has 2 amide bonds. The molecule has 15 heteroatoms. The number of nitrogens with zero attached hydrogens (tertiary/aromatic N) is 3. The fourth-order valence-corrected chi connectivity index (χ4v) is 7.53. The Labute approximate surface area is 277 Å². The summed E-state index contributed by atoms with van der Waals surface area (Å²) < 4.78 is 99.2. The zero-order valence-corrected chi connectivity index (χ0v) is 27.1. The van der Waals surface area contributed by atoms with Gasteiger partial charge in [-0.1, -0.05) is 6.92 Å². The number of thiophene rings is 1. The van der Waals surface area contributed by atoms with Gasteiger partial charge in [0, 0.05) is 51.5 Å². The standard InChI is InChI=1S/C33H35F6N3O5S/c1-3-27-31(47-23-7-5-22(6-8-23)32(34,35)36,12-4-14-42(27)29(43)24-19-40-13-9-25(24)33(37,38)39)30(44)41-15-10-21(20-41)28-26(11-18-48-28)46-17-16-45-2/h5-9,11,13,18-19,21,27H,3-4,10,12,14-17,20H2,1-2H3/t21?,27?,31-/m0/s1. The smallest absolute Gasteiger partial charge is 0.417 e. The van der Waals surface area contributed by atoms with E-state index in [4.69, 9.17) is 14.2 Å². The summed E-state index contributed by atoms with van der Waals surface area (Å²) >= 11 is 1.49. The molecule has 2 saturated heterocycles. The number of hydrogen-bond donors (Lipinski definition) is 0. The number of piperidine rings is 1. The van der Waals surface area contributed by atoms with Crippen LogP contribution in [-0.4, -0.2) is 78.2 Å². The van der Waals surface area contributed by atoms with Gasteiger partial charge in [-0.25, -0.2) is 0 Å². The van der Waals surface area contributed by atoms with Crippen molar-refractivity contribution in [3.8, 4) is 11.5 Å². The van der Waals surface area contributed by atoms with Crippen LogP contribution in [0.4, 0.5) is 26.3 Å². The number of pyridine rings is 1. The molecular weight excluding hydrogens is 664 g/mol. The number of methoxy groups -OCH3 is 1. The highest BCUT2D eigenvalue weighted by molar-refractivity contribution is 7.10. The molecule has 3 atom stereocenters. The maximum absolute atomic E-state index is 14.7. The molecule has 48 heavy (non-hydrogen) atoms. The van der Waals surface area contributed by atoms with E-state index in [1.54, 1.807) is 18.9 Å². The second kappa shape index (κ2) is 14.3. The van der Waals surface area contributed by atoms with Crippen molar-refractivity contribution < 1.29 is 50.1 Å². The van der Waals surface area contributed by atoms with Crippen LogP contribution in [0.5, 0.6) is 11.5 Å². The maximum Gasteiger partial charge on any atom is 0.417 e. The van der Waals surface area contributed by atoms with Gasteiger partial charge in [-0.2, -0.15) is 26.3 Å². The molecule has 0 aliphatic carbocycles. The topological polar surface area (TPSA) is 81.2 Å². The van der Waals surface area contributed by atoms with Gasteiger partial charge >= 0.3 is 12.4 Å². The molecule has 3 aromatic rings. The van der Waals surface area contributed by atoms with Crippen LogP contribution in [0.15, 0.2) is 54.2 Å². The summed E-state index contributed by atoms with van der Waals surface area (Å²) in [5.74, 6) is -0.893. The van der Waals surface area contributed by atoms with Crippen molar-refractivity contribution in [3.05, 3.63) is 75.7 Å². The average Bonchev–Trinajstić information content (AvgIpc) is 3.73. The van der Waals surface area contributed by atoms with Crippen LogP contribution in [0.3, 0.4) is 0 Å². The molecule has 1 aromatic carbocycles. The Balaban J connectivity index is 1.50. The van der Waals surface area contributed by atoms with E-state index in [1.807, 2.05) is 11.4 Å². The van der Waals surface area contributed by atoms with Gasteiger partial charge in [-0.05, 0) is 61.0 Å². The number of aromatic nitrogens is 1. The van der Waals surface area contributed by atoms with E-state index < -0.39 is 52.5 Å². The summed E-state index contributed by atoms with van der Waals surface area (Å²) in [5, 5.41) is 1.89. The Kier molecular flexibility index (Phi) is 10.6. The number of rotatable bonds is 10. The second-order valence-corrected chi connectivity index (χ2v) is 12.6. The third-order valence-corrected chi connectivity index (χ3v) is 9.82. The van der Waals surface area contributed by atoms with Crippen LogP contribution < -0.4 is 9.47 Å². The molecule has 0 saturated carbocycles. The van der Waals surface area contributed by atoms with E-state index in [0.29, 0.717) is 31.9 Å². The number of amides is 2. The highest BCUT2D eigenvalue weighted by atomic mass is 32.1. The highest BCUT2D eigenvalue weighted by Crippen LogP contribution is 2.43. The normalized spacial score (nSPS) is 21.8. The van der Waals surface area contributed by atoms with E-state index in [0.717, 1.165) is 47.6 Å². The van der Waals surface area contributed by atoms with Crippen molar-refractivity contribution in [2.24, 2.45) is 0 Å². The Hall–Kier alpha value is -3.85. The van der Waals surface area contributed by atoms with Gasteiger partial charge in [-0.3, -0.25) is 14.6 Å². The number of alkyl halides is 6. The molecule has 2 aliphatic rings. The van der Waals surface area contributed by atoms with E-state index >= 15 is 0 Å². The number of likely N-dealkylation sites (tertiary alicyclic amines) is 2. The lowest BCUT2D eigenvalue weighted by Gasteiger charge is -2.49. The van der Waals surface area contributed by atoms with Crippen molar-refractivity contribution >= 4 is 23.2 Å². The summed E-state index contributed by atoms with van der Waals surface area (Å²) in [4.78, 5) is 36.1. The summed E-state index contributed by atoms with van der Waals surface area (Å²) in [6.07, 6.45) is -6.67. The lowest BCUT2D eigenvalue weighted by molar-refractivity contribution is -0.158. The number of halogens is 6. The van der Waals surface area contributed by atoms with Crippen molar-refractivity contribution in [1.82, 2.24) is 14.8 Å². The predicted octanol–water partition coefficient (Wildman–Crippen LogP) is 7.05. The fourth-order valence-electron chi connectivity index (χ4n) is 6.57. The van der Waals surface area contributed by atoms with E-state index in [2.05, 4.69) is 4.98 Å². The summed E-state index contributed by atoms with van der Waals surface area (Å²) in [6.45, 7) is 3.06. The number of hydrogen-bond acceptors (Lipinski definition) is 7. The first kappa shape index (κ1) is 35.5. The van der Waals surface area contributed by atoms with Crippen molar-refractivity contribution in [2.75, 3.05) is 40.0 Å². The molecule has 4 heterocycles. The number of benzene rings is 1.